The predicted molar refractivity (Wildman–Crippen MR) is 108 cm³/mol. The van der Waals surface area contributed by atoms with Crippen molar-refractivity contribution in [3.05, 3.63) is 35.4 Å². The number of hydrogen-bond donors (Lipinski definition) is 2. The average molecular weight is 431 g/mol. The first-order valence-electron chi connectivity index (χ1n) is 8.26. The lowest BCUT2D eigenvalue weighted by atomic mass is 9.69. The Kier molecular flexibility index (Phi) is 8.91. The Morgan fingerprint density at radius 2 is 2.04 bits per heavy atom. The highest BCUT2D eigenvalue weighted by Crippen LogP contribution is 2.40. The fourth-order valence-corrected chi connectivity index (χ4v) is 3.32. The monoisotopic (exact) mass is 431 g/mol. The number of nitrogens with one attached hydrogen (secondary N) is 1. The molecule has 0 heterocycles. The van der Waals surface area contributed by atoms with Crippen LogP contribution in [0.4, 0.5) is 0 Å². The number of methoxy groups -OCH3 is 1. The van der Waals surface area contributed by atoms with Crippen molar-refractivity contribution < 1.29 is 4.74 Å². The van der Waals surface area contributed by atoms with Gasteiger partial charge in [0.15, 0.2) is 5.96 Å². The van der Waals surface area contributed by atoms with E-state index < -0.39 is 0 Å². The highest BCUT2D eigenvalue weighted by molar-refractivity contribution is 14.0. The second-order valence-corrected chi connectivity index (χ2v) is 6.33. The molecule has 3 N–H and O–H groups in total. The van der Waals surface area contributed by atoms with Gasteiger partial charge in [0.2, 0.25) is 0 Å². The summed E-state index contributed by atoms with van der Waals surface area (Å²) in [5, 5.41) is 3.11. The molecule has 1 fully saturated rings. The standard InChI is InChI=1S/C18H29N3O.HI/c1-15-7-6-8-16(13-15)18(9-4-3-5-10-18)14-21-17(19)20-11-12-22-2;/h6-8,13H,3-5,9-12,14H2,1-2H3,(H3,19,20,21);1H. The number of ether oxygens (including phenoxy) is 1. The highest BCUT2D eigenvalue weighted by Gasteiger charge is 2.33. The van der Waals surface area contributed by atoms with E-state index in [1.807, 2.05) is 0 Å². The number of halogens is 1. The van der Waals surface area contributed by atoms with Gasteiger partial charge in [0.25, 0.3) is 0 Å². The van der Waals surface area contributed by atoms with Crippen molar-refractivity contribution in [2.75, 3.05) is 26.8 Å². The Morgan fingerprint density at radius 3 is 2.70 bits per heavy atom. The minimum Gasteiger partial charge on any atom is -0.383 e. The molecule has 0 amide bonds. The van der Waals surface area contributed by atoms with Crippen LogP contribution in [0.5, 0.6) is 0 Å². The molecule has 1 aromatic carbocycles. The maximum atomic E-state index is 5.98. The molecule has 1 aliphatic carbocycles. The molecule has 0 aromatic heterocycles. The fourth-order valence-electron chi connectivity index (χ4n) is 3.32. The van der Waals surface area contributed by atoms with Crippen LogP contribution in [-0.2, 0) is 10.2 Å². The zero-order valence-corrected chi connectivity index (χ0v) is 16.6. The molecule has 0 saturated heterocycles. The van der Waals surface area contributed by atoms with Crippen LogP contribution >= 0.6 is 24.0 Å². The number of hydrogen-bond acceptors (Lipinski definition) is 2. The van der Waals surface area contributed by atoms with Crippen molar-refractivity contribution in [2.45, 2.75) is 44.4 Å². The Bertz CT molecular complexity index is 499. The lowest BCUT2D eigenvalue weighted by molar-refractivity contribution is 0.204. The summed E-state index contributed by atoms with van der Waals surface area (Å²) in [4.78, 5) is 4.63. The molecule has 130 valence electrons. The van der Waals surface area contributed by atoms with E-state index in [0.29, 0.717) is 19.1 Å². The van der Waals surface area contributed by atoms with Gasteiger partial charge in [-0.25, -0.2) is 0 Å². The van der Waals surface area contributed by atoms with E-state index in [1.54, 1.807) is 7.11 Å². The fraction of sp³-hybridized carbons (Fsp3) is 0.611. The SMILES string of the molecule is COCCNC(N)=NCC1(c2cccc(C)c2)CCCCC1.I. The second kappa shape index (κ2) is 10.1. The van der Waals surface area contributed by atoms with Gasteiger partial charge >= 0.3 is 0 Å². The van der Waals surface area contributed by atoms with Crippen LogP contribution in [0.15, 0.2) is 29.3 Å². The van der Waals surface area contributed by atoms with Crippen LogP contribution in [0.3, 0.4) is 0 Å². The summed E-state index contributed by atoms with van der Waals surface area (Å²) in [5.74, 6) is 0.523. The van der Waals surface area contributed by atoms with E-state index in [0.717, 1.165) is 6.54 Å². The lowest BCUT2D eigenvalue weighted by Gasteiger charge is -2.37. The minimum absolute atomic E-state index is 0. The summed E-state index contributed by atoms with van der Waals surface area (Å²) < 4.78 is 5.02. The van der Waals surface area contributed by atoms with E-state index in [4.69, 9.17) is 10.5 Å². The third kappa shape index (κ3) is 5.95. The molecule has 1 aliphatic rings. The lowest BCUT2D eigenvalue weighted by Crippen LogP contribution is -2.38. The van der Waals surface area contributed by atoms with Gasteiger partial charge < -0.3 is 15.8 Å². The largest absolute Gasteiger partial charge is 0.383 e. The molecule has 0 bridgehead atoms. The summed E-state index contributed by atoms with van der Waals surface area (Å²) in [6.07, 6.45) is 6.29. The van der Waals surface area contributed by atoms with Crippen molar-refractivity contribution in [3.8, 4) is 0 Å². The van der Waals surface area contributed by atoms with Crippen LogP contribution in [0.25, 0.3) is 0 Å². The molecule has 0 atom stereocenters. The molecular weight excluding hydrogens is 401 g/mol. The van der Waals surface area contributed by atoms with Gasteiger partial charge in [-0.15, -0.1) is 24.0 Å². The summed E-state index contributed by atoms with van der Waals surface area (Å²) in [5.41, 5.74) is 8.87. The molecule has 1 saturated carbocycles. The second-order valence-electron chi connectivity index (χ2n) is 6.33. The van der Waals surface area contributed by atoms with Gasteiger partial charge in [-0.2, -0.15) is 0 Å². The van der Waals surface area contributed by atoms with Crippen LogP contribution < -0.4 is 11.1 Å². The third-order valence-electron chi connectivity index (χ3n) is 4.61. The normalized spacial score (nSPS) is 17.4. The van der Waals surface area contributed by atoms with E-state index in [2.05, 4.69) is 41.5 Å². The van der Waals surface area contributed by atoms with Crippen molar-refractivity contribution >= 4 is 29.9 Å². The molecule has 5 heteroatoms. The molecule has 23 heavy (non-hydrogen) atoms. The van der Waals surface area contributed by atoms with E-state index in [-0.39, 0.29) is 29.4 Å². The van der Waals surface area contributed by atoms with Crippen LogP contribution in [0, 0.1) is 6.92 Å². The molecule has 2 rings (SSSR count). The number of nitrogens with two attached hydrogens (primary N) is 1. The van der Waals surface area contributed by atoms with Gasteiger partial charge in [-0.3, -0.25) is 4.99 Å². The smallest absolute Gasteiger partial charge is 0.188 e. The maximum absolute atomic E-state index is 5.98. The van der Waals surface area contributed by atoms with Crippen molar-refractivity contribution in [1.29, 1.82) is 0 Å². The first kappa shape index (κ1) is 20.2. The zero-order valence-electron chi connectivity index (χ0n) is 14.3. The molecule has 0 aliphatic heterocycles. The van der Waals surface area contributed by atoms with Gasteiger partial charge in [-0.1, -0.05) is 49.1 Å². The van der Waals surface area contributed by atoms with Gasteiger partial charge in [0.1, 0.15) is 0 Å². The van der Waals surface area contributed by atoms with Crippen molar-refractivity contribution in [1.82, 2.24) is 5.32 Å². The summed E-state index contributed by atoms with van der Waals surface area (Å²) in [7, 11) is 1.68. The third-order valence-corrected chi connectivity index (χ3v) is 4.61. The summed E-state index contributed by atoms with van der Waals surface area (Å²) >= 11 is 0. The van der Waals surface area contributed by atoms with Crippen LogP contribution in [0.2, 0.25) is 0 Å². The Morgan fingerprint density at radius 1 is 1.30 bits per heavy atom. The Hall–Kier alpha value is -0.820. The van der Waals surface area contributed by atoms with E-state index >= 15 is 0 Å². The molecule has 1 aromatic rings. The zero-order chi connectivity index (χ0) is 15.8. The highest BCUT2D eigenvalue weighted by atomic mass is 127. The summed E-state index contributed by atoms with van der Waals surface area (Å²) in [6.45, 7) is 4.26. The van der Waals surface area contributed by atoms with Crippen molar-refractivity contribution in [2.24, 2.45) is 10.7 Å². The number of guanidine groups is 1. The molecular formula is C18H30IN3O. The van der Waals surface area contributed by atoms with Crippen LogP contribution in [-0.4, -0.2) is 32.8 Å². The summed E-state index contributed by atoms with van der Waals surface area (Å²) in [6, 6.07) is 8.88. The Balaban J connectivity index is 0.00000264. The van der Waals surface area contributed by atoms with Crippen LogP contribution in [0.1, 0.15) is 43.2 Å². The quantitative estimate of drug-likeness (QED) is 0.314. The van der Waals surface area contributed by atoms with Gasteiger partial charge in [-0.05, 0) is 25.3 Å². The number of aliphatic imine (C=N–C) groups is 1. The number of nitrogens with zero attached hydrogens (tertiary/aromatic N) is 1. The minimum atomic E-state index is 0. The molecule has 0 radical (unpaired) electrons. The molecule has 0 spiro atoms. The predicted octanol–water partition coefficient (Wildman–Crippen LogP) is 3.37. The average Bonchev–Trinajstić information content (AvgIpc) is 2.54. The maximum Gasteiger partial charge on any atom is 0.188 e. The molecule has 4 nitrogen and oxygen atoms in total. The first-order valence-corrected chi connectivity index (χ1v) is 8.26. The first-order chi connectivity index (χ1) is 10.7. The topological polar surface area (TPSA) is 59.6 Å². The van der Waals surface area contributed by atoms with E-state index in [9.17, 15) is 0 Å². The van der Waals surface area contributed by atoms with Gasteiger partial charge in [0.05, 0.1) is 13.2 Å². The molecule has 0 unspecified atom stereocenters. The number of aryl methyl sites for hydroxylation is 1. The van der Waals surface area contributed by atoms with Crippen molar-refractivity contribution in [3.63, 3.8) is 0 Å². The van der Waals surface area contributed by atoms with E-state index in [1.165, 1.54) is 43.2 Å². The number of rotatable bonds is 6. The Labute approximate surface area is 157 Å². The number of benzene rings is 1. The van der Waals surface area contributed by atoms with Gasteiger partial charge in [0, 0.05) is 19.1 Å².